The maximum Gasteiger partial charge on any atom is 0.235 e. The second-order valence-electron chi connectivity index (χ2n) is 5.54. The molecule has 0 amide bonds. The van der Waals surface area contributed by atoms with Gasteiger partial charge in [-0.3, -0.25) is 0 Å². The fourth-order valence-electron chi connectivity index (χ4n) is 2.78. The van der Waals surface area contributed by atoms with Gasteiger partial charge >= 0.3 is 0 Å². The lowest BCUT2D eigenvalue weighted by Crippen LogP contribution is -2.32. The van der Waals surface area contributed by atoms with Gasteiger partial charge in [0.2, 0.25) is 6.08 Å². The van der Waals surface area contributed by atoms with Gasteiger partial charge in [0.15, 0.2) is 0 Å². The molecule has 4 heteroatoms. The van der Waals surface area contributed by atoms with E-state index in [0.29, 0.717) is 5.92 Å². The van der Waals surface area contributed by atoms with Crippen LogP contribution in [0.3, 0.4) is 0 Å². The summed E-state index contributed by atoms with van der Waals surface area (Å²) in [6, 6.07) is 3.97. The minimum Gasteiger partial charge on any atom is -0.496 e. The van der Waals surface area contributed by atoms with Gasteiger partial charge in [-0.05, 0) is 36.8 Å². The smallest absolute Gasteiger partial charge is 0.235 e. The quantitative estimate of drug-likeness (QED) is 0.610. The predicted octanol–water partition coefficient (Wildman–Crippen LogP) is 3.54. The molecule has 0 N–H and O–H groups in total. The Hall–Kier alpha value is -1.80. The molecule has 2 rings (SSSR count). The number of ether oxygens (including phenoxy) is 2. The molecule has 4 nitrogen and oxygen atoms in total. The van der Waals surface area contributed by atoms with Crippen molar-refractivity contribution in [1.29, 1.82) is 0 Å². The molecule has 0 aromatic heterocycles. The number of methoxy groups -OCH3 is 2. The highest BCUT2D eigenvalue weighted by Crippen LogP contribution is 2.50. The molecule has 20 heavy (non-hydrogen) atoms. The van der Waals surface area contributed by atoms with Crippen molar-refractivity contribution in [2.45, 2.75) is 44.6 Å². The van der Waals surface area contributed by atoms with E-state index in [4.69, 9.17) is 9.47 Å². The van der Waals surface area contributed by atoms with Gasteiger partial charge in [0.25, 0.3) is 0 Å². The van der Waals surface area contributed by atoms with Gasteiger partial charge in [0.05, 0.1) is 14.2 Å². The zero-order valence-electron chi connectivity index (χ0n) is 12.5. The van der Waals surface area contributed by atoms with Crippen molar-refractivity contribution in [1.82, 2.24) is 0 Å². The molecule has 1 aromatic carbocycles. The van der Waals surface area contributed by atoms with Crippen LogP contribution in [0.15, 0.2) is 17.1 Å². The number of hydrogen-bond donors (Lipinski definition) is 0. The fourth-order valence-corrected chi connectivity index (χ4v) is 2.78. The molecule has 1 fully saturated rings. The van der Waals surface area contributed by atoms with Gasteiger partial charge in [-0.2, -0.15) is 4.99 Å². The summed E-state index contributed by atoms with van der Waals surface area (Å²) in [6.07, 6.45) is 4.52. The normalized spacial score (nSPS) is 16.2. The SMILES string of the molecule is COc1cc(OC)c(C2(N=C=O)CCC2)cc1C(C)C. The standard InChI is InChI=1S/C16H21NO3/c1-11(2)12-8-13(15(20-4)9-14(12)19-3)16(17-10-18)6-5-7-16/h8-9,11H,5-7H2,1-4H3. The molecule has 0 saturated heterocycles. The highest BCUT2D eigenvalue weighted by atomic mass is 16.5. The van der Waals surface area contributed by atoms with Crippen LogP contribution >= 0.6 is 0 Å². The first-order valence-corrected chi connectivity index (χ1v) is 6.93. The zero-order valence-corrected chi connectivity index (χ0v) is 12.5. The maximum absolute atomic E-state index is 10.8. The largest absolute Gasteiger partial charge is 0.496 e. The summed E-state index contributed by atoms with van der Waals surface area (Å²) in [6.45, 7) is 4.23. The Balaban J connectivity index is 2.62. The van der Waals surface area contributed by atoms with Crippen LogP contribution in [-0.4, -0.2) is 20.3 Å². The molecular weight excluding hydrogens is 254 g/mol. The topological polar surface area (TPSA) is 47.9 Å². The highest BCUT2D eigenvalue weighted by molar-refractivity contribution is 5.53. The van der Waals surface area contributed by atoms with Crippen LogP contribution in [-0.2, 0) is 10.3 Å². The van der Waals surface area contributed by atoms with E-state index in [1.54, 1.807) is 20.3 Å². The second-order valence-corrected chi connectivity index (χ2v) is 5.54. The Labute approximate surface area is 119 Å². The molecule has 0 heterocycles. The molecule has 0 atom stereocenters. The molecule has 0 bridgehead atoms. The Bertz CT molecular complexity index is 541. The van der Waals surface area contributed by atoms with Crippen molar-refractivity contribution in [3.05, 3.63) is 23.3 Å². The Kier molecular flexibility index (Phi) is 4.15. The van der Waals surface area contributed by atoms with Crippen LogP contribution in [0.4, 0.5) is 0 Å². The third-order valence-corrected chi connectivity index (χ3v) is 4.12. The van der Waals surface area contributed by atoms with Crippen LogP contribution in [0.5, 0.6) is 11.5 Å². The molecule has 1 aliphatic carbocycles. The van der Waals surface area contributed by atoms with Crippen molar-refractivity contribution in [3.63, 3.8) is 0 Å². The summed E-state index contributed by atoms with van der Waals surface area (Å²) in [5.41, 5.74) is 1.62. The van der Waals surface area contributed by atoms with E-state index in [2.05, 4.69) is 24.9 Å². The molecule has 1 aliphatic rings. The van der Waals surface area contributed by atoms with Crippen molar-refractivity contribution in [2.24, 2.45) is 4.99 Å². The first-order valence-electron chi connectivity index (χ1n) is 6.93. The predicted molar refractivity (Wildman–Crippen MR) is 77.3 cm³/mol. The van der Waals surface area contributed by atoms with Crippen LogP contribution in [0, 0.1) is 0 Å². The summed E-state index contributed by atoms with van der Waals surface area (Å²) in [7, 11) is 3.29. The third kappa shape index (κ3) is 2.32. The number of aliphatic imine (C=N–C) groups is 1. The summed E-state index contributed by atoms with van der Waals surface area (Å²) in [5, 5.41) is 0. The Morgan fingerprint density at radius 1 is 1.20 bits per heavy atom. The summed E-state index contributed by atoms with van der Waals surface area (Å²) < 4.78 is 10.9. The van der Waals surface area contributed by atoms with Crippen LogP contribution in [0.1, 0.15) is 50.2 Å². The molecule has 0 aliphatic heterocycles. The monoisotopic (exact) mass is 275 g/mol. The minimum absolute atomic E-state index is 0.326. The van der Waals surface area contributed by atoms with E-state index in [-0.39, 0.29) is 0 Å². The number of benzene rings is 1. The number of carbonyl (C=O) groups excluding carboxylic acids is 1. The number of hydrogen-bond acceptors (Lipinski definition) is 4. The molecule has 0 radical (unpaired) electrons. The van der Waals surface area contributed by atoms with Gasteiger partial charge in [0.1, 0.15) is 17.0 Å². The van der Waals surface area contributed by atoms with E-state index in [9.17, 15) is 4.79 Å². The summed E-state index contributed by atoms with van der Waals surface area (Å²) in [5.74, 6) is 1.86. The number of isocyanates is 1. The molecule has 1 saturated carbocycles. The van der Waals surface area contributed by atoms with Gasteiger partial charge in [-0.15, -0.1) is 0 Å². The van der Waals surface area contributed by atoms with E-state index in [1.807, 2.05) is 6.07 Å². The lowest BCUT2D eigenvalue weighted by atomic mass is 9.71. The van der Waals surface area contributed by atoms with E-state index >= 15 is 0 Å². The lowest BCUT2D eigenvalue weighted by molar-refractivity contribution is 0.245. The zero-order chi connectivity index (χ0) is 14.8. The first kappa shape index (κ1) is 14.6. The van der Waals surface area contributed by atoms with Crippen molar-refractivity contribution in [3.8, 4) is 11.5 Å². The van der Waals surface area contributed by atoms with Gasteiger partial charge in [-0.25, -0.2) is 4.79 Å². The lowest BCUT2D eigenvalue weighted by Gasteiger charge is -2.38. The van der Waals surface area contributed by atoms with Crippen molar-refractivity contribution >= 4 is 6.08 Å². The number of rotatable bonds is 5. The van der Waals surface area contributed by atoms with Crippen LogP contribution in [0.2, 0.25) is 0 Å². The third-order valence-electron chi connectivity index (χ3n) is 4.12. The minimum atomic E-state index is -0.455. The molecular formula is C16H21NO3. The van der Waals surface area contributed by atoms with Crippen molar-refractivity contribution < 1.29 is 14.3 Å². The van der Waals surface area contributed by atoms with Crippen LogP contribution in [0.25, 0.3) is 0 Å². The van der Waals surface area contributed by atoms with Crippen molar-refractivity contribution in [2.75, 3.05) is 14.2 Å². The first-order chi connectivity index (χ1) is 9.57. The summed E-state index contributed by atoms with van der Waals surface area (Å²) in [4.78, 5) is 14.8. The van der Waals surface area contributed by atoms with E-state index in [1.165, 1.54) is 0 Å². The average molecular weight is 275 g/mol. The highest BCUT2D eigenvalue weighted by Gasteiger charge is 2.41. The van der Waals surface area contributed by atoms with Gasteiger partial charge < -0.3 is 9.47 Å². The molecule has 1 aromatic rings. The van der Waals surface area contributed by atoms with Gasteiger partial charge in [0, 0.05) is 11.6 Å². The Morgan fingerprint density at radius 2 is 1.85 bits per heavy atom. The van der Waals surface area contributed by atoms with E-state index in [0.717, 1.165) is 41.9 Å². The van der Waals surface area contributed by atoms with Gasteiger partial charge in [-0.1, -0.05) is 13.8 Å². The molecule has 0 spiro atoms. The van der Waals surface area contributed by atoms with E-state index < -0.39 is 5.54 Å². The average Bonchev–Trinajstić information content (AvgIpc) is 2.41. The fraction of sp³-hybridized carbons (Fsp3) is 0.562. The second kappa shape index (κ2) is 5.68. The maximum atomic E-state index is 10.8. The molecule has 0 unspecified atom stereocenters. The number of nitrogens with zero attached hydrogens (tertiary/aromatic N) is 1. The molecule has 108 valence electrons. The van der Waals surface area contributed by atoms with Crippen LogP contribution < -0.4 is 9.47 Å². The Morgan fingerprint density at radius 3 is 2.25 bits per heavy atom. The summed E-state index contributed by atoms with van der Waals surface area (Å²) >= 11 is 0.